The van der Waals surface area contributed by atoms with Crippen LogP contribution in [0.1, 0.15) is 56.2 Å². The summed E-state index contributed by atoms with van der Waals surface area (Å²) in [6.07, 6.45) is 2.86. The van der Waals surface area contributed by atoms with Crippen LogP contribution in [-0.4, -0.2) is 51.6 Å². The summed E-state index contributed by atoms with van der Waals surface area (Å²) in [5.74, 6) is 0.288. The van der Waals surface area contributed by atoms with Crippen molar-refractivity contribution in [2.45, 2.75) is 58.4 Å². The van der Waals surface area contributed by atoms with Crippen LogP contribution in [0.25, 0.3) is 0 Å². The van der Waals surface area contributed by atoms with Crippen molar-refractivity contribution in [3.63, 3.8) is 0 Å². The van der Waals surface area contributed by atoms with Crippen molar-refractivity contribution >= 4 is 28.9 Å². The van der Waals surface area contributed by atoms with Crippen molar-refractivity contribution in [2.24, 2.45) is 5.10 Å². The molecule has 1 atom stereocenters. The zero-order chi connectivity index (χ0) is 17.3. The second kappa shape index (κ2) is 7.01. The molecule has 1 fully saturated rings. The van der Waals surface area contributed by atoms with Crippen molar-refractivity contribution in [3.8, 4) is 0 Å². The molecule has 1 aromatic heterocycles. The number of rotatable bonds is 3. The summed E-state index contributed by atoms with van der Waals surface area (Å²) in [6, 6.07) is -0.0204. The number of aromatic nitrogens is 1. The van der Waals surface area contributed by atoms with Gasteiger partial charge in [-0.2, -0.15) is 5.10 Å². The number of aryl methyl sites for hydroxylation is 1. The minimum atomic E-state index is -0.0221. The molecule has 0 saturated carbocycles. The van der Waals surface area contributed by atoms with Crippen LogP contribution < -0.4 is 0 Å². The van der Waals surface area contributed by atoms with Gasteiger partial charge in [0.25, 0.3) is 5.91 Å². The number of carbonyl (C=O) groups is 2. The van der Waals surface area contributed by atoms with Gasteiger partial charge < -0.3 is 4.90 Å². The lowest BCUT2D eigenvalue weighted by Gasteiger charge is -2.33. The molecule has 0 unspecified atom stereocenters. The second-order valence-corrected chi connectivity index (χ2v) is 7.69. The molecular weight excluding hydrogens is 324 g/mol. The molecule has 0 aliphatic carbocycles. The average molecular weight is 348 g/mol. The highest BCUT2D eigenvalue weighted by Gasteiger charge is 2.32. The standard InChI is InChI=1S/C17H24N4O2S/c1-11(2)21-15(22)7-6-14(19-21)17(23)20-8-4-5-13(9-20)16-18-12(3)10-24-16/h10-11,13H,4-9H2,1-3H3/t13-/m1/s1. The third kappa shape index (κ3) is 3.50. The molecule has 0 aromatic carbocycles. The lowest BCUT2D eigenvalue weighted by molar-refractivity contribution is -0.133. The fourth-order valence-electron chi connectivity index (χ4n) is 3.23. The van der Waals surface area contributed by atoms with Gasteiger partial charge in [-0.3, -0.25) is 9.59 Å². The molecule has 6 nitrogen and oxygen atoms in total. The highest BCUT2D eigenvalue weighted by Crippen LogP contribution is 2.29. The topological polar surface area (TPSA) is 65.9 Å². The van der Waals surface area contributed by atoms with E-state index in [9.17, 15) is 9.59 Å². The van der Waals surface area contributed by atoms with Gasteiger partial charge in [-0.25, -0.2) is 9.99 Å². The monoisotopic (exact) mass is 348 g/mol. The smallest absolute Gasteiger partial charge is 0.270 e. The lowest BCUT2D eigenvalue weighted by atomic mass is 9.98. The highest BCUT2D eigenvalue weighted by molar-refractivity contribution is 7.09. The first kappa shape index (κ1) is 17.1. The normalized spacial score (nSPS) is 22.1. The Labute approximate surface area is 146 Å². The van der Waals surface area contributed by atoms with E-state index < -0.39 is 0 Å². The summed E-state index contributed by atoms with van der Waals surface area (Å²) < 4.78 is 0. The third-order valence-corrected chi connectivity index (χ3v) is 5.62. The molecule has 130 valence electrons. The summed E-state index contributed by atoms with van der Waals surface area (Å²) in [4.78, 5) is 31.2. The van der Waals surface area contributed by atoms with Crippen LogP contribution in [0.3, 0.4) is 0 Å². The van der Waals surface area contributed by atoms with Gasteiger partial charge in [0.05, 0.1) is 5.01 Å². The zero-order valence-corrected chi connectivity index (χ0v) is 15.3. The van der Waals surface area contributed by atoms with Crippen LogP contribution in [0, 0.1) is 6.92 Å². The second-order valence-electron chi connectivity index (χ2n) is 6.80. The first-order valence-electron chi connectivity index (χ1n) is 8.56. The SMILES string of the molecule is Cc1csc([C@@H]2CCCN(C(=O)C3=NN(C(C)C)C(=O)CC3)C2)n1. The van der Waals surface area contributed by atoms with Crippen molar-refractivity contribution in [2.75, 3.05) is 13.1 Å². The van der Waals surface area contributed by atoms with E-state index >= 15 is 0 Å². The Hall–Kier alpha value is -1.76. The molecule has 1 aromatic rings. The molecule has 0 N–H and O–H groups in total. The van der Waals surface area contributed by atoms with Gasteiger partial charge in [0.15, 0.2) is 0 Å². The average Bonchev–Trinajstić information content (AvgIpc) is 3.01. The van der Waals surface area contributed by atoms with E-state index in [-0.39, 0.29) is 17.9 Å². The predicted molar refractivity (Wildman–Crippen MR) is 94.1 cm³/mol. The number of hydrogen-bond donors (Lipinski definition) is 0. The fraction of sp³-hybridized carbons (Fsp3) is 0.647. The van der Waals surface area contributed by atoms with Crippen LogP contribution in [0.15, 0.2) is 10.5 Å². The fourth-order valence-corrected chi connectivity index (χ4v) is 4.16. The number of carbonyl (C=O) groups excluding carboxylic acids is 2. The number of nitrogens with zero attached hydrogens (tertiary/aromatic N) is 4. The maximum atomic E-state index is 12.9. The summed E-state index contributed by atoms with van der Waals surface area (Å²) in [5.41, 5.74) is 1.56. The van der Waals surface area contributed by atoms with E-state index in [0.29, 0.717) is 31.0 Å². The lowest BCUT2D eigenvalue weighted by Crippen LogP contribution is -2.46. The molecule has 0 bridgehead atoms. The van der Waals surface area contributed by atoms with Crippen molar-refractivity contribution in [3.05, 3.63) is 16.1 Å². The van der Waals surface area contributed by atoms with Gasteiger partial charge in [0.1, 0.15) is 5.71 Å². The minimum absolute atomic E-state index is 0.00340. The van der Waals surface area contributed by atoms with Gasteiger partial charge in [0, 0.05) is 49.0 Å². The molecule has 24 heavy (non-hydrogen) atoms. The Morgan fingerprint density at radius 1 is 1.38 bits per heavy atom. The van der Waals surface area contributed by atoms with Gasteiger partial charge in [-0.1, -0.05) is 0 Å². The number of hydrogen-bond acceptors (Lipinski definition) is 5. The highest BCUT2D eigenvalue weighted by atomic mass is 32.1. The molecule has 0 spiro atoms. The quantitative estimate of drug-likeness (QED) is 0.843. The molecule has 1 saturated heterocycles. The van der Waals surface area contributed by atoms with Gasteiger partial charge in [-0.05, 0) is 33.6 Å². The third-order valence-electron chi connectivity index (χ3n) is 4.49. The first-order chi connectivity index (χ1) is 11.5. The summed E-state index contributed by atoms with van der Waals surface area (Å²) >= 11 is 1.68. The van der Waals surface area contributed by atoms with E-state index in [0.717, 1.165) is 30.1 Å². The maximum absolute atomic E-state index is 12.9. The van der Waals surface area contributed by atoms with E-state index in [2.05, 4.69) is 15.5 Å². The van der Waals surface area contributed by atoms with Crippen molar-refractivity contribution in [1.29, 1.82) is 0 Å². The summed E-state index contributed by atoms with van der Waals surface area (Å²) in [6.45, 7) is 7.28. The van der Waals surface area contributed by atoms with Crippen LogP contribution in [0.2, 0.25) is 0 Å². The molecule has 2 amide bonds. The molecule has 0 radical (unpaired) electrons. The Morgan fingerprint density at radius 3 is 2.83 bits per heavy atom. The Balaban J connectivity index is 1.72. The van der Waals surface area contributed by atoms with E-state index in [1.165, 1.54) is 5.01 Å². The van der Waals surface area contributed by atoms with Crippen LogP contribution in [-0.2, 0) is 9.59 Å². The number of likely N-dealkylation sites (tertiary alicyclic amines) is 1. The van der Waals surface area contributed by atoms with E-state index in [1.54, 1.807) is 11.3 Å². The van der Waals surface area contributed by atoms with E-state index in [4.69, 9.17) is 0 Å². The Kier molecular flexibility index (Phi) is 4.99. The van der Waals surface area contributed by atoms with Crippen LogP contribution in [0.4, 0.5) is 0 Å². The summed E-state index contributed by atoms with van der Waals surface area (Å²) in [5, 5.41) is 8.97. The largest absolute Gasteiger partial charge is 0.337 e. The molecule has 7 heteroatoms. The van der Waals surface area contributed by atoms with Crippen molar-refractivity contribution in [1.82, 2.24) is 14.9 Å². The number of piperidine rings is 1. The van der Waals surface area contributed by atoms with Gasteiger partial charge in [0.2, 0.25) is 5.91 Å². The Morgan fingerprint density at radius 2 is 2.17 bits per heavy atom. The minimum Gasteiger partial charge on any atom is -0.337 e. The Bertz CT molecular complexity index is 667. The van der Waals surface area contributed by atoms with Crippen molar-refractivity contribution < 1.29 is 9.59 Å². The predicted octanol–water partition coefficient (Wildman–Crippen LogP) is 2.54. The van der Waals surface area contributed by atoms with Gasteiger partial charge >= 0.3 is 0 Å². The zero-order valence-electron chi connectivity index (χ0n) is 14.5. The number of thiazole rings is 1. The molecule has 2 aliphatic rings. The number of hydrazone groups is 1. The molecule has 2 aliphatic heterocycles. The van der Waals surface area contributed by atoms with Crippen LogP contribution >= 0.6 is 11.3 Å². The summed E-state index contributed by atoms with van der Waals surface area (Å²) in [7, 11) is 0. The molecular formula is C17H24N4O2S. The van der Waals surface area contributed by atoms with E-state index in [1.807, 2.05) is 25.7 Å². The van der Waals surface area contributed by atoms with Crippen LogP contribution in [0.5, 0.6) is 0 Å². The molecule has 3 rings (SSSR count). The first-order valence-corrected chi connectivity index (χ1v) is 9.44. The molecule has 3 heterocycles. The number of amides is 2. The maximum Gasteiger partial charge on any atom is 0.270 e. The van der Waals surface area contributed by atoms with Gasteiger partial charge in [-0.15, -0.1) is 11.3 Å².